The highest BCUT2D eigenvalue weighted by Crippen LogP contribution is 2.16. The van der Waals surface area contributed by atoms with Crippen LogP contribution in [0.25, 0.3) is 11.4 Å². The van der Waals surface area contributed by atoms with Gasteiger partial charge in [-0.05, 0) is 0 Å². The van der Waals surface area contributed by atoms with Gasteiger partial charge < -0.3 is 5.73 Å². The van der Waals surface area contributed by atoms with Crippen molar-refractivity contribution in [1.82, 2.24) is 14.8 Å². The Morgan fingerprint density at radius 1 is 1.15 bits per heavy atom. The smallest absolute Gasteiger partial charge is 0.222 e. The van der Waals surface area contributed by atoms with Crippen molar-refractivity contribution in [1.29, 1.82) is 0 Å². The van der Waals surface area contributed by atoms with Gasteiger partial charge >= 0.3 is 0 Å². The lowest BCUT2D eigenvalue weighted by Crippen LogP contribution is -1.98. The van der Waals surface area contributed by atoms with Crippen LogP contribution >= 0.6 is 0 Å². The number of hydrogen-bond donors (Lipinski definition) is 1. The first-order valence-corrected chi connectivity index (χ1v) is 3.99. The molecule has 0 unspecified atom stereocenters. The van der Waals surface area contributed by atoms with E-state index < -0.39 is 0 Å². The highest BCUT2D eigenvalue weighted by Gasteiger charge is 2.06. The molecular formula is C9H10N4. The molecule has 1 aromatic heterocycles. The minimum absolute atomic E-state index is 0.429. The molecule has 0 saturated heterocycles. The predicted octanol–water partition coefficient (Wildman–Crippen LogP) is 1.06. The summed E-state index contributed by atoms with van der Waals surface area (Å²) in [5, 5.41) is 7.76. The molecule has 4 nitrogen and oxygen atoms in total. The van der Waals surface area contributed by atoms with Crippen LogP contribution in [0, 0.1) is 0 Å². The molecule has 2 aromatic rings. The molecule has 0 radical (unpaired) electrons. The Balaban J connectivity index is 2.53. The van der Waals surface area contributed by atoms with Gasteiger partial charge in [0.1, 0.15) is 0 Å². The molecule has 0 aliphatic carbocycles. The van der Waals surface area contributed by atoms with Crippen LogP contribution < -0.4 is 5.73 Å². The number of aromatic nitrogens is 3. The maximum atomic E-state index is 5.57. The average Bonchev–Trinajstić information content (AvgIpc) is 2.49. The van der Waals surface area contributed by atoms with Crippen LogP contribution in [0.5, 0.6) is 0 Å². The van der Waals surface area contributed by atoms with E-state index in [2.05, 4.69) is 10.2 Å². The average molecular weight is 174 g/mol. The van der Waals surface area contributed by atoms with Gasteiger partial charge in [0.25, 0.3) is 0 Å². The monoisotopic (exact) mass is 174 g/mol. The van der Waals surface area contributed by atoms with Gasteiger partial charge in [0.15, 0.2) is 5.82 Å². The van der Waals surface area contributed by atoms with Gasteiger partial charge in [0.2, 0.25) is 5.95 Å². The normalized spacial score (nSPS) is 10.2. The highest BCUT2D eigenvalue weighted by atomic mass is 15.3. The molecule has 1 heterocycles. The Bertz CT molecular complexity index is 405. The molecule has 0 amide bonds. The number of rotatable bonds is 1. The van der Waals surface area contributed by atoms with Gasteiger partial charge in [-0.1, -0.05) is 30.3 Å². The zero-order chi connectivity index (χ0) is 9.26. The van der Waals surface area contributed by atoms with Crippen LogP contribution in [0.1, 0.15) is 0 Å². The van der Waals surface area contributed by atoms with Crippen LogP contribution in [0.3, 0.4) is 0 Å². The zero-order valence-electron chi connectivity index (χ0n) is 7.31. The van der Waals surface area contributed by atoms with E-state index >= 15 is 0 Å². The number of benzene rings is 1. The van der Waals surface area contributed by atoms with Crippen molar-refractivity contribution in [3.8, 4) is 11.4 Å². The summed E-state index contributed by atoms with van der Waals surface area (Å²) in [6, 6.07) is 9.83. The Hall–Kier alpha value is -1.84. The van der Waals surface area contributed by atoms with Gasteiger partial charge in [0.05, 0.1) is 0 Å². The van der Waals surface area contributed by atoms with E-state index in [9.17, 15) is 0 Å². The Morgan fingerprint density at radius 3 is 2.38 bits per heavy atom. The molecule has 2 N–H and O–H groups in total. The molecule has 4 heteroatoms. The third kappa shape index (κ3) is 1.26. The number of anilines is 1. The summed E-state index contributed by atoms with van der Waals surface area (Å²) in [7, 11) is 1.84. The molecule has 2 rings (SSSR count). The molecule has 66 valence electrons. The fourth-order valence-corrected chi connectivity index (χ4v) is 1.18. The molecule has 0 fully saturated rings. The summed E-state index contributed by atoms with van der Waals surface area (Å²) in [6.07, 6.45) is 0. The third-order valence-corrected chi connectivity index (χ3v) is 1.94. The Kier molecular flexibility index (Phi) is 1.73. The summed E-state index contributed by atoms with van der Waals surface area (Å²) in [4.78, 5) is 0. The number of nitrogens with zero attached hydrogens (tertiary/aromatic N) is 3. The SMILES string of the molecule is Cn1c(N)nnc1-c1ccccc1. The van der Waals surface area contributed by atoms with E-state index in [1.807, 2.05) is 37.4 Å². The molecular weight excluding hydrogens is 164 g/mol. The van der Waals surface area contributed by atoms with Gasteiger partial charge in [0, 0.05) is 12.6 Å². The van der Waals surface area contributed by atoms with Gasteiger partial charge in [-0.25, -0.2) is 0 Å². The molecule has 13 heavy (non-hydrogen) atoms. The van der Waals surface area contributed by atoms with E-state index in [4.69, 9.17) is 5.73 Å². The first-order chi connectivity index (χ1) is 6.29. The van der Waals surface area contributed by atoms with E-state index in [0.717, 1.165) is 11.4 Å². The predicted molar refractivity (Wildman–Crippen MR) is 50.9 cm³/mol. The summed E-state index contributed by atoms with van der Waals surface area (Å²) >= 11 is 0. The van der Waals surface area contributed by atoms with Crippen LogP contribution in [-0.4, -0.2) is 14.8 Å². The Labute approximate surface area is 76.0 Å². The molecule has 0 bridgehead atoms. The van der Waals surface area contributed by atoms with Crippen molar-refractivity contribution in [2.24, 2.45) is 7.05 Å². The minimum atomic E-state index is 0.429. The lowest BCUT2D eigenvalue weighted by atomic mass is 10.2. The van der Waals surface area contributed by atoms with E-state index in [1.165, 1.54) is 0 Å². The lowest BCUT2D eigenvalue weighted by Gasteiger charge is -1.99. The largest absolute Gasteiger partial charge is 0.368 e. The van der Waals surface area contributed by atoms with Crippen LogP contribution in [0.4, 0.5) is 5.95 Å². The topological polar surface area (TPSA) is 56.7 Å². The van der Waals surface area contributed by atoms with Gasteiger partial charge in [-0.15, -0.1) is 10.2 Å². The lowest BCUT2D eigenvalue weighted by molar-refractivity contribution is 0.934. The molecule has 0 saturated carbocycles. The summed E-state index contributed by atoms with van der Waals surface area (Å²) in [5.74, 6) is 1.22. The first-order valence-electron chi connectivity index (χ1n) is 3.99. The second-order valence-corrected chi connectivity index (χ2v) is 2.81. The van der Waals surface area contributed by atoms with Crippen molar-refractivity contribution in [3.05, 3.63) is 30.3 Å². The van der Waals surface area contributed by atoms with Crippen molar-refractivity contribution in [2.75, 3.05) is 5.73 Å². The molecule has 0 aliphatic heterocycles. The number of nitrogens with two attached hydrogens (primary N) is 1. The third-order valence-electron chi connectivity index (χ3n) is 1.94. The fourth-order valence-electron chi connectivity index (χ4n) is 1.18. The van der Waals surface area contributed by atoms with Crippen LogP contribution in [0.15, 0.2) is 30.3 Å². The standard InChI is InChI=1S/C9H10N4/c1-13-8(11-12-9(13)10)7-5-3-2-4-6-7/h2-6H,1H3,(H2,10,12). The van der Waals surface area contributed by atoms with Crippen LogP contribution in [-0.2, 0) is 7.05 Å². The van der Waals surface area contributed by atoms with E-state index in [1.54, 1.807) is 4.57 Å². The minimum Gasteiger partial charge on any atom is -0.368 e. The molecule has 0 atom stereocenters. The highest BCUT2D eigenvalue weighted by molar-refractivity contribution is 5.56. The molecule has 0 aliphatic rings. The summed E-state index contributed by atoms with van der Waals surface area (Å²) in [5.41, 5.74) is 6.59. The summed E-state index contributed by atoms with van der Waals surface area (Å²) in [6.45, 7) is 0. The zero-order valence-corrected chi connectivity index (χ0v) is 7.31. The number of hydrogen-bond acceptors (Lipinski definition) is 3. The quantitative estimate of drug-likeness (QED) is 0.703. The van der Waals surface area contributed by atoms with E-state index in [0.29, 0.717) is 5.95 Å². The summed E-state index contributed by atoms with van der Waals surface area (Å²) < 4.78 is 1.76. The van der Waals surface area contributed by atoms with Crippen molar-refractivity contribution in [3.63, 3.8) is 0 Å². The maximum Gasteiger partial charge on any atom is 0.222 e. The van der Waals surface area contributed by atoms with Crippen molar-refractivity contribution < 1.29 is 0 Å². The second kappa shape index (κ2) is 2.90. The van der Waals surface area contributed by atoms with Gasteiger partial charge in [-0.3, -0.25) is 4.57 Å². The molecule has 0 spiro atoms. The van der Waals surface area contributed by atoms with E-state index in [-0.39, 0.29) is 0 Å². The number of nitrogen functional groups attached to an aromatic ring is 1. The van der Waals surface area contributed by atoms with Gasteiger partial charge in [-0.2, -0.15) is 0 Å². The maximum absolute atomic E-state index is 5.57. The first kappa shape index (κ1) is 7.79. The Morgan fingerprint density at radius 2 is 1.85 bits per heavy atom. The van der Waals surface area contributed by atoms with Crippen molar-refractivity contribution >= 4 is 5.95 Å². The fraction of sp³-hybridized carbons (Fsp3) is 0.111. The molecule has 1 aromatic carbocycles. The van der Waals surface area contributed by atoms with Crippen molar-refractivity contribution in [2.45, 2.75) is 0 Å². The second-order valence-electron chi connectivity index (χ2n) is 2.81. The van der Waals surface area contributed by atoms with Crippen LogP contribution in [0.2, 0.25) is 0 Å².